The molecule has 0 aliphatic rings. The van der Waals surface area contributed by atoms with Crippen molar-refractivity contribution >= 4 is 19.9 Å². The number of nitrogens with one attached hydrogen (secondary N) is 1. The monoisotopic (exact) mass is 327 g/mol. The van der Waals surface area contributed by atoms with Gasteiger partial charge in [-0.05, 0) is 6.07 Å². The number of phosphoric acid groups is 1. The number of carbonyl (C=O) groups is 2. The summed E-state index contributed by atoms with van der Waals surface area (Å²) in [5.74, 6) is -0.685. The minimum absolute atomic E-state index is 0. The van der Waals surface area contributed by atoms with Gasteiger partial charge in [0.15, 0.2) is 5.78 Å². The maximum Gasteiger partial charge on any atom is 1.00 e. The van der Waals surface area contributed by atoms with E-state index < -0.39 is 39.4 Å². The van der Waals surface area contributed by atoms with E-state index in [9.17, 15) is 19.3 Å². The normalized spacial score (nSPS) is 13.0. The number of ketones is 1. The van der Waals surface area contributed by atoms with Crippen molar-refractivity contribution in [3.63, 3.8) is 0 Å². The summed E-state index contributed by atoms with van der Waals surface area (Å²) in [5, 5.41) is 18.4. The molecule has 0 saturated heterocycles. The van der Waals surface area contributed by atoms with Gasteiger partial charge >= 0.3 is 37.4 Å². The Hall–Kier alpha value is -0.870. The summed E-state index contributed by atoms with van der Waals surface area (Å²) in [6.45, 7) is -1.85. The fourth-order valence-electron chi connectivity index (χ4n) is 1.10. The van der Waals surface area contributed by atoms with Gasteiger partial charge in [-0.3, -0.25) is 19.3 Å². The summed E-state index contributed by atoms with van der Waals surface area (Å²) in [7, 11) is -4.47. The molecular weight excluding hydrogens is 316 g/mol. The van der Waals surface area contributed by atoms with Gasteiger partial charge in [-0.2, -0.15) is 0 Å². The summed E-state index contributed by atoms with van der Waals surface area (Å²) in [5.41, 5.74) is -0.239. The fourth-order valence-corrected chi connectivity index (χ4v) is 1.73. The predicted molar refractivity (Wildman–Crippen MR) is 60.3 cm³/mol. The van der Waals surface area contributed by atoms with Crippen molar-refractivity contribution in [1.29, 1.82) is 5.41 Å². The van der Waals surface area contributed by atoms with Crippen molar-refractivity contribution in [2.75, 3.05) is 13.2 Å². The summed E-state index contributed by atoms with van der Waals surface area (Å²) in [4.78, 5) is 33.7. The van der Waals surface area contributed by atoms with Crippen molar-refractivity contribution in [2.45, 2.75) is 6.54 Å². The number of aromatic nitrogens is 2. The Labute approximate surface area is 141 Å². The van der Waals surface area contributed by atoms with Crippen LogP contribution in [-0.4, -0.2) is 39.7 Å². The fraction of sp³-hybridized carbons (Fsp3) is 0.333. The van der Waals surface area contributed by atoms with Gasteiger partial charge in [0.25, 0.3) is 0 Å². The molecule has 0 fully saturated rings. The van der Waals surface area contributed by atoms with Crippen LogP contribution in [0.25, 0.3) is 0 Å². The molecule has 1 aromatic heterocycles. The molecule has 1 aromatic rings. The van der Waals surface area contributed by atoms with Crippen LogP contribution < -0.4 is 40.2 Å². The molecule has 1 rings (SSSR count). The molecule has 0 aromatic carbocycles. The standard InChI is InChI=1S/C9H12N3O7P.Na/c10-8-1-2-12(9(15)11-8)5-7(14)6-19-20(16,17)18-4-3-13;/h1-3H,4-6H2,(H,16,17)(H2,10,11,15);/q;+1/p-1. The van der Waals surface area contributed by atoms with Gasteiger partial charge in [0.2, 0.25) is 0 Å². The summed E-state index contributed by atoms with van der Waals surface area (Å²) >= 11 is 0. The van der Waals surface area contributed by atoms with E-state index in [4.69, 9.17) is 10.3 Å². The van der Waals surface area contributed by atoms with E-state index in [1.54, 1.807) is 0 Å². The molecule has 0 saturated carbocycles. The van der Waals surface area contributed by atoms with Crippen LogP contribution in [0.2, 0.25) is 0 Å². The molecular formula is C9H11N3NaO7P. The van der Waals surface area contributed by atoms with E-state index in [1.807, 2.05) is 0 Å². The van der Waals surface area contributed by atoms with E-state index in [0.29, 0.717) is 0 Å². The average molecular weight is 327 g/mol. The molecule has 12 heteroatoms. The van der Waals surface area contributed by atoms with Crippen LogP contribution in [0.3, 0.4) is 0 Å². The Morgan fingerprint density at radius 2 is 2.24 bits per heavy atom. The molecule has 0 radical (unpaired) electrons. The maximum absolute atomic E-state index is 11.5. The Kier molecular flexibility index (Phi) is 8.83. The van der Waals surface area contributed by atoms with Gasteiger partial charge in [-0.1, -0.05) is 0 Å². The van der Waals surface area contributed by atoms with E-state index in [1.165, 1.54) is 12.3 Å². The minimum Gasteiger partial charge on any atom is -0.846 e. The topological polar surface area (TPSA) is 155 Å². The molecule has 10 nitrogen and oxygen atoms in total. The third kappa shape index (κ3) is 7.63. The van der Waals surface area contributed by atoms with E-state index in [0.717, 1.165) is 4.57 Å². The van der Waals surface area contributed by atoms with Gasteiger partial charge in [-0.15, -0.1) is 0 Å². The number of hydrogen-bond acceptors (Lipinski definition) is 8. The first-order valence-electron chi connectivity index (χ1n) is 5.20. The molecule has 0 aliphatic carbocycles. The van der Waals surface area contributed by atoms with Gasteiger partial charge in [0.05, 0.1) is 12.6 Å². The largest absolute Gasteiger partial charge is 1.00 e. The van der Waals surface area contributed by atoms with Gasteiger partial charge in [-0.25, -0.2) is 9.55 Å². The molecule has 0 amide bonds. The molecule has 0 aliphatic heterocycles. The Morgan fingerprint density at radius 3 is 2.81 bits per heavy atom. The van der Waals surface area contributed by atoms with Crippen LogP contribution in [0, 0.1) is 5.41 Å². The van der Waals surface area contributed by atoms with Gasteiger partial charge in [0.1, 0.15) is 25.0 Å². The minimum atomic E-state index is -4.47. The average Bonchev–Trinajstić information content (AvgIpc) is 2.38. The van der Waals surface area contributed by atoms with E-state index >= 15 is 0 Å². The van der Waals surface area contributed by atoms with Gasteiger partial charge in [0, 0.05) is 6.20 Å². The molecule has 110 valence electrons. The zero-order valence-corrected chi connectivity index (χ0v) is 14.0. The summed E-state index contributed by atoms with van der Waals surface area (Å²) in [6, 6.07) is 0.412. The quantitative estimate of drug-likeness (QED) is 0.274. The summed E-state index contributed by atoms with van der Waals surface area (Å²) in [6.07, 6.45) is 1.44. The Balaban J connectivity index is 0.00000400. The van der Waals surface area contributed by atoms with Gasteiger partial charge < -0.3 is 19.4 Å². The molecule has 0 spiro atoms. The molecule has 1 heterocycles. The second-order valence-electron chi connectivity index (χ2n) is 3.47. The second-order valence-corrected chi connectivity index (χ2v) is 4.92. The first-order valence-corrected chi connectivity index (χ1v) is 6.70. The van der Waals surface area contributed by atoms with Crippen LogP contribution in [0.15, 0.2) is 12.3 Å². The van der Waals surface area contributed by atoms with Crippen molar-refractivity contribution in [3.05, 3.63) is 17.8 Å². The maximum atomic E-state index is 11.5. The van der Waals surface area contributed by atoms with Crippen LogP contribution in [0.5, 0.6) is 6.01 Å². The second kappa shape index (κ2) is 9.21. The predicted octanol–water partition coefficient (Wildman–Crippen LogP) is -4.66. The van der Waals surface area contributed by atoms with Crippen LogP contribution in [-0.2, 0) is 29.7 Å². The molecule has 21 heavy (non-hydrogen) atoms. The molecule has 1 unspecified atom stereocenters. The number of carbonyl (C=O) groups excluding carboxylic acids is 2. The third-order valence-electron chi connectivity index (χ3n) is 1.92. The summed E-state index contributed by atoms with van der Waals surface area (Å²) < 4.78 is 20.6. The first kappa shape index (κ1) is 20.1. The first-order chi connectivity index (χ1) is 9.34. The van der Waals surface area contributed by atoms with Crippen molar-refractivity contribution in [1.82, 2.24) is 9.55 Å². The van der Waals surface area contributed by atoms with E-state index in [-0.39, 0.29) is 41.3 Å². The number of Topliss-reactive ketones (excluding diaryl/α,β-unsaturated/α-hetero) is 1. The van der Waals surface area contributed by atoms with Crippen molar-refractivity contribution in [2.24, 2.45) is 0 Å². The molecule has 1 atom stereocenters. The number of phosphoric ester groups is 1. The Morgan fingerprint density at radius 1 is 1.57 bits per heavy atom. The number of rotatable bonds is 8. The van der Waals surface area contributed by atoms with Crippen LogP contribution >= 0.6 is 7.82 Å². The van der Waals surface area contributed by atoms with Crippen LogP contribution in [0.4, 0.5) is 0 Å². The van der Waals surface area contributed by atoms with Crippen molar-refractivity contribution in [3.8, 4) is 6.01 Å². The zero-order valence-electron chi connectivity index (χ0n) is 11.1. The van der Waals surface area contributed by atoms with Crippen LogP contribution in [0.1, 0.15) is 0 Å². The number of nitrogens with zero attached hydrogens (tertiary/aromatic N) is 2. The number of aldehydes is 1. The SMILES string of the molecule is N=c1ccn(CC(=O)COP(=O)(O)OCC=O)c([O-])n1.[Na+]. The van der Waals surface area contributed by atoms with E-state index in [2.05, 4.69) is 14.0 Å². The molecule has 2 N–H and O–H groups in total. The van der Waals surface area contributed by atoms with Crippen molar-refractivity contribution < 1.29 is 62.8 Å². The third-order valence-corrected chi connectivity index (χ3v) is 2.85. The zero-order chi connectivity index (χ0) is 15.2. The smallest absolute Gasteiger partial charge is 0.846 e. The number of hydrogen-bond donors (Lipinski definition) is 2. The molecule has 0 bridgehead atoms. The Bertz CT molecular complexity index is 605.